The smallest absolute Gasteiger partial charge is 0.193 e. The van der Waals surface area contributed by atoms with Crippen LogP contribution in [0, 0.1) is 0 Å². The second-order valence-corrected chi connectivity index (χ2v) is 8.91. The van der Waals surface area contributed by atoms with Crippen molar-refractivity contribution in [3.05, 3.63) is 35.9 Å². The van der Waals surface area contributed by atoms with Gasteiger partial charge in [0.1, 0.15) is 0 Å². The fraction of sp³-hybridized carbons (Fsp3) is 0.708. The molecule has 0 spiro atoms. The predicted molar refractivity (Wildman–Crippen MR) is 117 cm³/mol. The molecule has 5 heteroatoms. The van der Waals surface area contributed by atoms with Gasteiger partial charge in [-0.15, -0.1) is 0 Å². The van der Waals surface area contributed by atoms with E-state index >= 15 is 0 Å². The van der Waals surface area contributed by atoms with Crippen molar-refractivity contribution in [2.75, 3.05) is 39.9 Å². The summed E-state index contributed by atoms with van der Waals surface area (Å²) in [5.74, 6) is 1.04. The van der Waals surface area contributed by atoms with Crippen molar-refractivity contribution in [3.8, 4) is 0 Å². The molecule has 3 aliphatic rings. The fourth-order valence-corrected chi connectivity index (χ4v) is 4.96. The van der Waals surface area contributed by atoms with Crippen molar-refractivity contribution in [2.24, 2.45) is 4.99 Å². The van der Waals surface area contributed by atoms with E-state index in [-0.39, 0.29) is 5.41 Å². The summed E-state index contributed by atoms with van der Waals surface area (Å²) in [6, 6.07) is 11.0. The van der Waals surface area contributed by atoms with Gasteiger partial charge >= 0.3 is 0 Å². The van der Waals surface area contributed by atoms with Crippen LogP contribution in [0.15, 0.2) is 35.3 Å². The van der Waals surface area contributed by atoms with Crippen LogP contribution in [0.5, 0.6) is 0 Å². The van der Waals surface area contributed by atoms with Gasteiger partial charge in [0.05, 0.1) is 18.8 Å². The van der Waals surface area contributed by atoms with Gasteiger partial charge in [-0.1, -0.05) is 36.8 Å². The summed E-state index contributed by atoms with van der Waals surface area (Å²) in [6.45, 7) is 4.65. The quantitative estimate of drug-likeness (QED) is 0.585. The molecule has 0 radical (unpaired) electrons. The number of rotatable bonds is 6. The molecule has 1 aromatic carbocycles. The number of piperidine rings is 1. The zero-order valence-electron chi connectivity index (χ0n) is 17.9. The van der Waals surface area contributed by atoms with E-state index in [1.807, 2.05) is 7.05 Å². The van der Waals surface area contributed by atoms with Gasteiger partial charge in [0, 0.05) is 38.7 Å². The van der Waals surface area contributed by atoms with E-state index in [0.717, 1.165) is 58.1 Å². The molecule has 5 nitrogen and oxygen atoms in total. The topological polar surface area (TPSA) is 46.1 Å². The maximum absolute atomic E-state index is 6.17. The molecule has 0 bridgehead atoms. The average Bonchev–Trinajstić information content (AvgIpc) is 2.76. The molecule has 2 heterocycles. The van der Waals surface area contributed by atoms with E-state index in [4.69, 9.17) is 9.47 Å². The molecular formula is C24H37N3O2. The van der Waals surface area contributed by atoms with E-state index in [1.54, 1.807) is 0 Å². The van der Waals surface area contributed by atoms with Gasteiger partial charge in [-0.05, 0) is 50.5 Å². The molecule has 160 valence electrons. The molecule has 1 saturated carbocycles. The number of nitrogens with zero attached hydrogens (tertiary/aromatic N) is 2. The standard InChI is InChI=1S/C24H37N3O2/c1-25-23(26-19-24(13-7-14-24)20-8-3-2-4-9-20)27-15-11-21(12-16-27)29-18-22-10-5-6-17-28-22/h2-4,8-9,21-22H,5-7,10-19H2,1H3,(H,25,26). The van der Waals surface area contributed by atoms with Crippen molar-refractivity contribution in [1.82, 2.24) is 10.2 Å². The molecule has 0 aromatic heterocycles. The Kier molecular flexibility index (Phi) is 7.09. The maximum Gasteiger partial charge on any atom is 0.193 e. The summed E-state index contributed by atoms with van der Waals surface area (Å²) < 4.78 is 12.0. The fourth-order valence-electron chi connectivity index (χ4n) is 4.96. The second kappa shape index (κ2) is 9.94. The third-order valence-corrected chi connectivity index (χ3v) is 7.03. The van der Waals surface area contributed by atoms with Crippen LogP contribution in [0.2, 0.25) is 0 Å². The Labute approximate surface area is 175 Å². The Bertz CT molecular complexity index is 645. The van der Waals surface area contributed by atoms with E-state index in [9.17, 15) is 0 Å². The first-order valence-electron chi connectivity index (χ1n) is 11.5. The molecular weight excluding hydrogens is 362 g/mol. The minimum absolute atomic E-state index is 0.276. The summed E-state index contributed by atoms with van der Waals surface area (Å²) in [5.41, 5.74) is 1.74. The summed E-state index contributed by atoms with van der Waals surface area (Å²) in [7, 11) is 1.90. The van der Waals surface area contributed by atoms with Crippen LogP contribution < -0.4 is 5.32 Å². The van der Waals surface area contributed by atoms with Crippen LogP contribution in [0.4, 0.5) is 0 Å². The molecule has 4 rings (SSSR count). The third-order valence-electron chi connectivity index (χ3n) is 7.03. The van der Waals surface area contributed by atoms with Gasteiger partial charge in [-0.3, -0.25) is 4.99 Å². The van der Waals surface area contributed by atoms with E-state index < -0.39 is 0 Å². The van der Waals surface area contributed by atoms with Crippen LogP contribution in [0.1, 0.15) is 56.9 Å². The molecule has 1 aliphatic carbocycles. The molecule has 2 aliphatic heterocycles. The first-order chi connectivity index (χ1) is 14.3. The Morgan fingerprint density at radius 1 is 1.14 bits per heavy atom. The lowest BCUT2D eigenvalue weighted by molar-refractivity contribution is -0.0721. The van der Waals surface area contributed by atoms with Gasteiger partial charge in [0.15, 0.2) is 5.96 Å². The highest BCUT2D eigenvalue weighted by molar-refractivity contribution is 5.80. The Morgan fingerprint density at radius 2 is 1.93 bits per heavy atom. The number of benzene rings is 1. The predicted octanol–water partition coefficient (Wildman–Crippen LogP) is 3.73. The van der Waals surface area contributed by atoms with Crippen LogP contribution in [-0.2, 0) is 14.9 Å². The second-order valence-electron chi connectivity index (χ2n) is 8.91. The molecule has 1 atom stereocenters. The molecule has 3 fully saturated rings. The highest BCUT2D eigenvalue weighted by Crippen LogP contribution is 2.43. The van der Waals surface area contributed by atoms with Gasteiger partial charge in [0.2, 0.25) is 0 Å². The van der Waals surface area contributed by atoms with Crippen molar-refractivity contribution in [1.29, 1.82) is 0 Å². The summed E-state index contributed by atoms with van der Waals surface area (Å²) >= 11 is 0. The lowest BCUT2D eigenvalue weighted by atomic mass is 9.64. The maximum atomic E-state index is 6.17. The van der Waals surface area contributed by atoms with E-state index in [0.29, 0.717) is 12.2 Å². The lowest BCUT2D eigenvalue weighted by Gasteiger charge is -2.44. The number of likely N-dealkylation sites (tertiary alicyclic amines) is 1. The van der Waals surface area contributed by atoms with Crippen LogP contribution >= 0.6 is 0 Å². The van der Waals surface area contributed by atoms with Crippen molar-refractivity contribution < 1.29 is 9.47 Å². The summed E-state index contributed by atoms with van der Waals surface area (Å²) in [4.78, 5) is 6.98. The van der Waals surface area contributed by atoms with Crippen LogP contribution in [-0.4, -0.2) is 63.0 Å². The van der Waals surface area contributed by atoms with Gasteiger partial charge < -0.3 is 19.7 Å². The number of nitrogens with one attached hydrogen (secondary N) is 1. The van der Waals surface area contributed by atoms with Crippen molar-refractivity contribution in [2.45, 2.75) is 69.0 Å². The lowest BCUT2D eigenvalue weighted by Crippen LogP contribution is -2.52. The molecule has 1 aromatic rings. The SMILES string of the molecule is CN=C(NCC1(c2ccccc2)CCC1)N1CCC(OCC2CCCCO2)CC1. The minimum atomic E-state index is 0.276. The Morgan fingerprint density at radius 3 is 2.55 bits per heavy atom. The highest BCUT2D eigenvalue weighted by atomic mass is 16.5. The van der Waals surface area contributed by atoms with Gasteiger partial charge in [0.25, 0.3) is 0 Å². The van der Waals surface area contributed by atoms with Gasteiger partial charge in [-0.2, -0.15) is 0 Å². The monoisotopic (exact) mass is 399 g/mol. The largest absolute Gasteiger partial charge is 0.376 e. The molecule has 29 heavy (non-hydrogen) atoms. The minimum Gasteiger partial charge on any atom is -0.376 e. The number of ether oxygens (including phenoxy) is 2. The first kappa shape index (κ1) is 20.7. The summed E-state index contributed by atoms with van der Waals surface area (Å²) in [5, 5.41) is 3.69. The number of hydrogen-bond acceptors (Lipinski definition) is 3. The Balaban J connectivity index is 1.23. The van der Waals surface area contributed by atoms with Crippen LogP contribution in [0.3, 0.4) is 0 Å². The number of aliphatic imine (C=N–C) groups is 1. The van der Waals surface area contributed by atoms with Gasteiger partial charge in [-0.25, -0.2) is 0 Å². The van der Waals surface area contributed by atoms with Crippen molar-refractivity contribution >= 4 is 5.96 Å². The zero-order valence-corrected chi connectivity index (χ0v) is 17.9. The Hall–Kier alpha value is -1.59. The summed E-state index contributed by atoms with van der Waals surface area (Å²) in [6.07, 6.45) is 10.3. The average molecular weight is 400 g/mol. The van der Waals surface area contributed by atoms with E-state index in [2.05, 4.69) is 45.5 Å². The van der Waals surface area contributed by atoms with E-state index in [1.165, 1.54) is 37.7 Å². The first-order valence-corrected chi connectivity index (χ1v) is 11.5. The number of guanidine groups is 1. The normalized spacial score (nSPS) is 25.5. The number of hydrogen-bond donors (Lipinski definition) is 1. The molecule has 1 N–H and O–H groups in total. The molecule has 0 amide bonds. The molecule has 1 unspecified atom stereocenters. The highest BCUT2D eigenvalue weighted by Gasteiger charge is 2.38. The zero-order chi connectivity index (χ0) is 19.9. The molecule has 2 saturated heterocycles. The third kappa shape index (κ3) is 5.13. The van der Waals surface area contributed by atoms with Crippen molar-refractivity contribution in [3.63, 3.8) is 0 Å². The van der Waals surface area contributed by atoms with Crippen LogP contribution in [0.25, 0.3) is 0 Å².